The van der Waals surface area contributed by atoms with Crippen molar-refractivity contribution in [2.75, 3.05) is 25.0 Å². The first-order valence-electron chi connectivity index (χ1n) is 10.9. The number of rotatable bonds is 3. The number of likely N-dealkylation sites (N-methyl/N-ethyl adjacent to an activating group) is 1. The van der Waals surface area contributed by atoms with E-state index in [0.29, 0.717) is 43.3 Å². The molecule has 34 heavy (non-hydrogen) atoms. The Morgan fingerprint density at radius 1 is 1.21 bits per heavy atom. The summed E-state index contributed by atoms with van der Waals surface area (Å²) < 4.78 is 1.72. The third kappa shape index (κ3) is 3.76. The van der Waals surface area contributed by atoms with Crippen molar-refractivity contribution in [2.45, 2.75) is 25.0 Å². The Labute approximate surface area is 196 Å². The summed E-state index contributed by atoms with van der Waals surface area (Å²) in [6, 6.07) is 9.03. The van der Waals surface area contributed by atoms with Crippen LogP contribution in [0.4, 0.5) is 5.95 Å². The molecule has 2 aliphatic heterocycles. The molecule has 5 rings (SSSR count). The Morgan fingerprint density at radius 2 is 2.00 bits per heavy atom. The molecular formula is C24H23N7O3. The summed E-state index contributed by atoms with van der Waals surface area (Å²) in [6.07, 6.45) is 4.24. The van der Waals surface area contributed by atoms with Crippen molar-refractivity contribution in [3.05, 3.63) is 65.2 Å². The minimum absolute atomic E-state index is 0.209. The van der Waals surface area contributed by atoms with Gasteiger partial charge in [0.1, 0.15) is 0 Å². The molecule has 2 aliphatic rings. The highest BCUT2D eigenvalue weighted by Gasteiger charge is 2.42. The smallest absolute Gasteiger partial charge is 0.269 e. The largest absolute Gasteiger partial charge is 0.369 e. The standard InChI is InChI=1S/C24H23N7O3/c1-29-13-9-24(34,22(29)33)8-6-16-4-2-5-17(14-16)31-19-7-12-30(23-26-10-3-11-27-23)15-18(19)20(28-31)21(25)32/h2-5,10-11,14,34H,7,9,12-13,15H2,1H3,(H2,25,32)/t24-/m0/s1. The fourth-order valence-corrected chi connectivity index (χ4v) is 4.32. The molecule has 0 saturated carbocycles. The summed E-state index contributed by atoms with van der Waals surface area (Å²) in [5.74, 6) is 5.24. The highest BCUT2D eigenvalue weighted by molar-refractivity contribution is 5.93. The first-order valence-corrected chi connectivity index (χ1v) is 10.9. The van der Waals surface area contributed by atoms with Crippen LogP contribution in [-0.2, 0) is 17.8 Å². The van der Waals surface area contributed by atoms with Crippen LogP contribution in [0.25, 0.3) is 5.69 Å². The SMILES string of the molecule is CN1CC[C@@](O)(C#Cc2cccc(-n3nc(C(N)=O)c4c3CCN(c3ncccn3)C4)c2)C1=O. The molecule has 1 aromatic carbocycles. The molecule has 0 spiro atoms. The van der Waals surface area contributed by atoms with E-state index in [9.17, 15) is 14.7 Å². The number of aliphatic hydroxyl groups is 1. The van der Waals surface area contributed by atoms with Crippen molar-refractivity contribution >= 4 is 17.8 Å². The van der Waals surface area contributed by atoms with Gasteiger partial charge >= 0.3 is 0 Å². The van der Waals surface area contributed by atoms with Crippen molar-refractivity contribution in [3.63, 3.8) is 0 Å². The molecule has 1 saturated heterocycles. The number of primary amides is 1. The molecule has 4 heterocycles. The third-order valence-corrected chi connectivity index (χ3v) is 6.14. The summed E-state index contributed by atoms with van der Waals surface area (Å²) in [6.45, 7) is 1.53. The van der Waals surface area contributed by atoms with Gasteiger partial charge in [0.15, 0.2) is 5.69 Å². The molecule has 10 nitrogen and oxygen atoms in total. The van der Waals surface area contributed by atoms with Gasteiger partial charge in [0, 0.05) is 56.5 Å². The summed E-state index contributed by atoms with van der Waals surface area (Å²) >= 11 is 0. The lowest BCUT2D eigenvalue weighted by molar-refractivity contribution is -0.137. The fraction of sp³-hybridized carbons (Fsp3) is 0.292. The minimum Gasteiger partial charge on any atom is -0.369 e. The minimum atomic E-state index is -1.67. The summed E-state index contributed by atoms with van der Waals surface area (Å²) in [5.41, 5.74) is 7.15. The summed E-state index contributed by atoms with van der Waals surface area (Å²) in [7, 11) is 1.64. The van der Waals surface area contributed by atoms with E-state index in [-0.39, 0.29) is 12.1 Å². The molecule has 3 aromatic rings. The number of hydrogen-bond acceptors (Lipinski definition) is 7. The van der Waals surface area contributed by atoms with Crippen LogP contribution in [0.5, 0.6) is 0 Å². The van der Waals surface area contributed by atoms with Crippen LogP contribution < -0.4 is 10.6 Å². The van der Waals surface area contributed by atoms with E-state index in [1.165, 1.54) is 4.90 Å². The molecule has 2 aromatic heterocycles. The Morgan fingerprint density at radius 3 is 2.71 bits per heavy atom. The fourth-order valence-electron chi connectivity index (χ4n) is 4.32. The van der Waals surface area contributed by atoms with E-state index in [4.69, 9.17) is 5.73 Å². The van der Waals surface area contributed by atoms with E-state index < -0.39 is 17.4 Å². The van der Waals surface area contributed by atoms with Gasteiger partial charge in [-0.05, 0) is 24.3 Å². The first kappa shape index (κ1) is 21.6. The summed E-state index contributed by atoms with van der Waals surface area (Å²) in [4.78, 5) is 36.4. The number of carbonyl (C=O) groups is 2. The molecule has 2 amide bonds. The zero-order valence-electron chi connectivity index (χ0n) is 18.6. The van der Waals surface area contributed by atoms with Gasteiger partial charge in [0.25, 0.3) is 11.8 Å². The lowest BCUT2D eigenvalue weighted by atomic mass is 10.0. The lowest BCUT2D eigenvalue weighted by Crippen LogP contribution is -2.37. The summed E-state index contributed by atoms with van der Waals surface area (Å²) in [5, 5.41) is 15.1. The topological polar surface area (TPSA) is 130 Å². The maximum absolute atomic E-state index is 12.2. The second-order valence-corrected chi connectivity index (χ2v) is 8.41. The van der Waals surface area contributed by atoms with Crippen LogP contribution in [-0.4, -0.2) is 67.3 Å². The molecule has 1 fully saturated rings. The number of hydrogen-bond donors (Lipinski definition) is 2. The van der Waals surface area contributed by atoms with Crippen LogP contribution in [0.15, 0.2) is 42.7 Å². The van der Waals surface area contributed by atoms with Gasteiger partial charge < -0.3 is 20.6 Å². The number of nitrogens with zero attached hydrogens (tertiary/aromatic N) is 6. The van der Waals surface area contributed by atoms with E-state index in [0.717, 1.165) is 11.3 Å². The second-order valence-electron chi connectivity index (χ2n) is 8.41. The Hall–Kier alpha value is -4.23. The van der Waals surface area contributed by atoms with Gasteiger partial charge in [0.2, 0.25) is 11.5 Å². The number of anilines is 1. The number of amides is 2. The van der Waals surface area contributed by atoms with Crippen LogP contribution in [0.1, 0.15) is 33.7 Å². The molecular weight excluding hydrogens is 434 g/mol. The molecule has 172 valence electrons. The normalized spacial score (nSPS) is 19.5. The van der Waals surface area contributed by atoms with Gasteiger partial charge in [-0.15, -0.1) is 0 Å². The molecule has 1 atom stereocenters. The second kappa shape index (κ2) is 8.28. The maximum atomic E-state index is 12.2. The highest BCUT2D eigenvalue weighted by Crippen LogP contribution is 2.27. The van der Waals surface area contributed by atoms with Gasteiger partial charge in [-0.1, -0.05) is 17.9 Å². The predicted molar refractivity (Wildman–Crippen MR) is 123 cm³/mol. The van der Waals surface area contributed by atoms with E-state index in [1.54, 1.807) is 36.3 Å². The van der Waals surface area contributed by atoms with E-state index >= 15 is 0 Å². The van der Waals surface area contributed by atoms with Crippen LogP contribution >= 0.6 is 0 Å². The number of benzene rings is 1. The van der Waals surface area contributed by atoms with Crippen molar-refractivity contribution in [3.8, 4) is 17.5 Å². The quantitative estimate of drug-likeness (QED) is 0.540. The number of aromatic nitrogens is 4. The van der Waals surface area contributed by atoms with Gasteiger partial charge in [-0.3, -0.25) is 9.59 Å². The Bertz CT molecular complexity index is 1340. The van der Waals surface area contributed by atoms with Crippen molar-refractivity contribution in [1.29, 1.82) is 0 Å². The number of likely N-dealkylation sites (tertiary alicyclic amines) is 1. The Balaban J connectivity index is 1.49. The zero-order valence-corrected chi connectivity index (χ0v) is 18.6. The Kier molecular flexibility index (Phi) is 5.26. The number of fused-ring (bicyclic) bond motifs is 1. The monoisotopic (exact) mass is 457 g/mol. The first-order chi connectivity index (χ1) is 16.4. The molecule has 0 unspecified atom stereocenters. The lowest BCUT2D eigenvalue weighted by Gasteiger charge is -2.27. The van der Waals surface area contributed by atoms with Gasteiger partial charge in [-0.2, -0.15) is 5.10 Å². The van der Waals surface area contributed by atoms with Crippen molar-refractivity contribution in [1.82, 2.24) is 24.6 Å². The van der Waals surface area contributed by atoms with Crippen molar-refractivity contribution in [2.24, 2.45) is 5.73 Å². The van der Waals surface area contributed by atoms with Gasteiger partial charge in [-0.25, -0.2) is 14.6 Å². The average Bonchev–Trinajstić information content (AvgIpc) is 3.37. The van der Waals surface area contributed by atoms with Crippen LogP contribution in [0.2, 0.25) is 0 Å². The van der Waals surface area contributed by atoms with Crippen LogP contribution in [0, 0.1) is 11.8 Å². The third-order valence-electron chi connectivity index (χ3n) is 6.14. The highest BCUT2D eigenvalue weighted by atomic mass is 16.3. The molecule has 10 heteroatoms. The average molecular weight is 457 g/mol. The number of nitrogens with two attached hydrogens (primary N) is 1. The maximum Gasteiger partial charge on any atom is 0.269 e. The molecule has 0 radical (unpaired) electrons. The predicted octanol–water partition coefficient (Wildman–Crippen LogP) is 0.269. The molecule has 0 aliphatic carbocycles. The van der Waals surface area contributed by atoms with E-state index in [2.05, 4.69) is 26.9 Å². The molecule has 0 bridgehead atoms. The van der Waals surface area contributed by atoms with E-state index in [1.807, 2.05) is 23.1 Å². The number of carbonyl (C=O) groups excluding carboxylic acids is 2. The van der Waals surface area contributed by atoms with Crippen molar-refractivity contribution < 1.29 is 14.7 Å². The molecule has 3 N–H and O–H groups in total. The zero-order chi connectivity index (χ0) is 23.9. The van der Waals surface area contributed by atoms with Crippen LogP contribution in [0.3, 0.4) is 0 Å². The van der Waals surface area contributed by atoms with Gasteiger partial charge in [0.05, 0.1) is 17.9 Å².